The average molecular weight is 309 g/mol. The van der Waals surface area contributed by atoms with Gasteiger partial charge < -0.3 is 10.2 Å². The highest BCUT2D eigenvalue weighted by Gasteiger charge is 2.06. The van der Waals surface area contributed by atoms with E-state index in [0.717, 1.165) is 30.5 Å². The predicted molar refractivity (Wildman–Crippen MR) is 90.1 cm³/mol. The van der Waals surface area contributed by atoms with E-state index in [9.17, 15) is 0 Å². The zero-order chi connectivity index (χ0) is 14.4. The molecule has 0 bridgehead atoms. The summed E-state index contributed by atoms with van der Waals surface area (Å²) in [5.74, 6) is 0. The molecule has 0 unspecified atom stereocenters. The average Bonchev–Trinajstić information content (AvgIpc) is 2.86. The van der Waals surface area contributed by atoms with E-state index in [1.54, 1.807) is 11.3 Å². The van der Waals surface area contributed by atoms with Crippen LogP contribution in [0.1, 0.15) is 17.4 Å². The van der Waals surface area contributed by atoms with Crippen LogP contribution in [0.5, 0.6) is 0 Å². The Labute approximate surface area is 130 Å². The van der Waals surface area contributed by atoms with Crippen LogP contribution in [0.4, 0.5) is 5.69 Å². The van der Waals surface area contributed by atoms with Crippen LogP contribution in [0.2, 0.25) is 4.34 Å². The van der Waals surface area contributed by atoms with Crippen LogP contribution in [-0.2, 0) is 6.54 Å². The predicted octanol–water partition coefficient (Wildman–Crippen LogP) is 4.33. The van der Waals surface area contributed by atoms with Gasteiger partial charge in [-0.05, 0) is 37.6 Å². The first kappa shape index (κ1) is 15.4. The molecule has 2 aromatic rings. The first-order valence-electron chi connectivity index (χ1n) is 6.96. The Kier molecular flexibility index (Phi) is 5.89. The van der Waals surface area contributed by atoms with Gasteiger partial charge in [0.05, 0.1) is 4.34 Å². The minimum Gasteiger partial charge on any atom is -0.370 e. The molecule has 0 spiro atoms. The van der Waals surface area contributed by atoms with Crippen LogP contribution >= 0.6 is 22.9 Å². The molecule has 1 aromatic carbocycles. The molecule has 1 heterocycles. The van der Waals surface area contributed by atoms with Crippen molar-refractivity contribution in [2.24, 2.45) is 0 Å². The van der Waals surface area contributed by atoms with Gasteiger partial charge in [0, 0.05) is 36.7 Å². The van der Waals surface area contributed by atoms with Crippen molar-refractivity contribution in [3.63, 3.8) is 0 Å². The normalized spacial score (nSPS) is 10.8. The Bertz CT molecular complexity index is 539. The minimum absolute atomic E-state index is 0.858. The number of benzene rings is 1. The topological polar surface area (TPSA) is 15.3 Å². The summed E-state index contributed by atoms with van der Waals surface area (Å²) in [4.78, 5) is 3.69. The molecule has 4 heteroatoms. The standard InChI is InChI=1S/C16H21ClN2S/c1-3-19(15-7-5-4-6-13(15)2)11-10-18-12-14-8-9-16(17)20-14/h4-9,18H,3,10-12H2,1-2H3. The van der Waals surface area contributed by atoms with Crippen LogP contribution in [0, 0.1) is 6.92 Å². The number of thiophene rings is 1. The number of para-hydroxylation sites is 1. The Morgan fingerprint density at radius 1 is 1.20 bits per heavy atom. The van der Waals surface area contributed by atoms with Crippen LogP contribution in [0.15, 0.2) is 36.4 Å². The number of nitrogens with zero attached hydrogens (tertiary/aromatic N) is 1. The molecule has 1 aromatic heterocycles. The summed E-state index contributed by atoms with van der Waals surface area (Å²) in [5, 5.41) is 3.48. The van der Waals surface area contributed by atoms with Gasteiger partial charge in [-0.2, -0.15) is 0 Å². The molecule has 0 aliphatic heterocycles. The largest absolute Gasteiger partial charge is 0.370 e. The highest BCUT2D eigenvalue weighted by Crippen LogP contribution is 2.21. The molecule has 20 heavy (non-hydrogen) atoms. The van der Waals surface area contributed by atoms with Gasteiger partial charge in [-0.15, -0.1) is 11.3 Å². The quantitative estimate of drug-likeness (QED) is 0.766. The third kappa shape index (κ3) is 4.23. The van der Waals surface area contributed by atoms with Crippen LogP contribution in [-0.4, -0.2) is 19.6 Å². The summed E-state index contributed by atoms with van der Waals surface area (Å²) in [5.41, 5.74) is 2.66. The number of likely N-dealkylation sites (N-methyl/N-ethyl adjacent to an activating group) is 1. The highest BCUT2D eigenvalue weighted by atomic mass is 35.5. The molecule has 108 valence electrons. The van der Waals surface area contributed by atoms with Crippen molar-refractivity contribution >= 4 is 28.6 Å². The smallest absolute Gasteiger partial charge is 0.0931 e. The number of aryl methyl sites for hydroxylation is 1. The Hall–Kier alpha value is -1.03. The van der Waals surface area contributed by atoms with Crippen LogP contribution < -0.4 is 10.2 Å². The summed E-state index contributed by atoms with van der Waals surface area (Å²) >= 11 is 7.57. The summed E-state index contributed by atoms with van der Waals surface area (Å²) in [6.45, 7) is 8.27. The van der Waals surface area contributed by atoms with Crippen LogP contribution in [0.25, 0.3) is 0 Å². The molecular weight excluding hydrogens is 288 g/mol. The van der Waals surface area contributed by atoms with Crippen molar-refractivity contribution in [1.29, 1.82) is 0 Å². The number of halogens is 1. The van der Waals surface area contributed by atoms with Gasteiger partial charge in [-0.25, -0.2) is 0 Å². The maximum atomic E-state index is 5.93. The Balaban J connectivity index is 1.81. The van der Waals surface area contributed by atoms with Gasteiger partial charge in [-0.1, -0.05) is 29.8 Å². The van der Waals surface area contributed by atoms with Crippen molar-refractivity contribution < 1.29 is 0 Å². The fourth-order valence-corrected chi connectivity index (χ4v) is 3.30. The first-order valence-corrected chi connectivity index (χ1v) is 8.15. The van der Waals surface area contributed by atoms with Crippen molar-refractivity contribution in [1.82, 2.24) is 5.32 Å². The lowest BCUT2D eigenvalue weighted by atomic mass is 10.2. The third-order valence-corrected chi connectivity index (χ3v) is 4.56. The molecule has 1 N–H and O–H groups in total. The SMILES string of the molecule is CCN(CCNCc1ccc(Cl)s1)c1ccccc1C. The first-order chi connectivity index (χ1) is 9.70. The van der Waals surface area contributed by atoms with Gasteiger partial charge in [0.15, 0.2) is 0 Å². The number of hydrogen-bond acceptors (Lipinski definition) is 3. The number of anilines is 1. The number of rotatable bonds is 7. The van der Waals surface area contributed by atoms with Crippen molar-refractivity contribution in [3.8, 4) is 0 Å². The second kappa shape index (κ2) is 7.67. The lowest BCUT2D eigenvalue weighted by Gasteiger charge is -2.25. The van der Waals surface area contributed by atoms with E-state index in [1.807, 2.05) is 6.07 Å². The minimum atomic E-state index is 0.858. The highest BCUT2D eigenvalue weighted by molar-refractivity contribution is 7.16. The summed E-state index contributed by atoms with van der Waals surface area (Å²) in [6.07, 6.45) is 0. The van der Waals surface area contributed by atoms with Gasteiger partial charge in [0.25, 0.3) is 0 Å². The second-order valence-corrected chi connectivity index (χ2v) is 6.55. The van der Waals surface area contributed by atoms with Gasteiger partial charge >= 0.3 is 0 Å². The van der Waals surface area contributed by atoms with Gasteiger partial charge in [0.2, 0.25) is 0 Å². The van der Waals surface area contributed by atoms with E-state index in [2.05, 4.69) is 54.4 Å². The molecular formula is C16H21ClN2S. The Morgan fingerprint density at radius 3 is 2.65 bits per heavy atom. The van der Waals surface area contributed by atoms with E-state index >= 15 is 0 Å². The van der Waals surface area contributed by atoms with Gasteiger partial charge in [0.1, 0.15) is 0 Å². The van der Waals surface area contributed by atoms with Crippen molar-refractivity contribution in [3.05, 3.63) is 51.2 Å². The van der Waals surface area contributed by atoms with E-state index in [4.69, 9.17) is 11.6 Å². The Morgan fingerprint density at radius 2 is 2.00 bits per heavy atom. The van der Waals surface area contributed by atoms with Crippen LogP contribution in [0.3, 0.4) is 0 Å². The molecule has 0 saturated heterocycles. The fraction of sp³-hybridized carbons (Fsp3) is 0.375. The van der Waals surface area contributed by atoms with Gasteiger partial charge in [-0.3, -0.25) is 0 Å². The lowest BCUT2D eigenvalue weighted by Crippen LogP contribution is -2.32. The molecule has 0 fully saturated rings. The van der Waals surface area contributed by atoms with E-state index in [-0.39, 0.29) is 0 Å². The zero-order valence-electron chi connectivity index (χ0n) is 12.0. The fourth-order valence-electron chi connectivity index (χ4n) is 2.24. The molecule has 2 rings (SSSR count). The maximum Gasteiger partial charge on any atom is 0.0931 e. The van der Waals surface area contributed by atoms with E-state index in [0.29, 0.717) is 0 Å². The molecule has 0 saturated carbocycles. The molecule has 0 amide bonds. The van der Waals surface area contributed by atoms with E-state index < -0.39 is 0 Å². The maximum absolute atomic E-state index is 5.93. The zero-order valence-corrected chi connectivity index (χ0v) is 13.6. The molecule has 0 radical (unpaired) electrons. The van der Waals surface area contributed by atoms with Crippen molar-refractivity contribution in [2.75, 3.05) is 24.5 Å². The molecule has 0 aliphatic carbocycles. The lowest BCUT2D eigenvalue weighted by molar-refractivity contribution is 0.670. The third-order valence-electron chi connectivity index (χ3n) is 3.32. The van der Waals surface area contributed by atoms with Crippen molar-refractivity contribution in [2.45, 2.75) is 20.4 Å². The molecule has 0 aliphatic rings. The summed E-state index contributed by atoms with van der Waals surface area (Å²) < 4.78 is 0.858. The van der Waals surface area contributed by atoms with E-state index in [1.165, 1.54) is 16.1 Å². The molecule has 2 nitrogen and oxygen atoms in total. The second-order valence-electron chi connectivity index (χ2n) is 4.75. The number of nitrogens with one attached hydrogen (secondary N) is 1. The summed E-state index contributed by atoms with van der Waals surface area (Å²) in [6, 6.07) is 12.6. The number of hydrogen-bond donors (Lipinski definition) is 1. The monoisotopic (exact) mass is 308 g/mol. The summed E-state index contributed by atoms with van der Waals surface area (Å²) in [7, 11) is 0. The molecule has 0 atom stereocenters.